The molecule has 1 unspecified atom stereocenters. The first-order valence-electron chi connectivity index (χ1n) is 8.27. The molecule has 0 bridgehead atoms. The Morgan fingerprint density at radius 2 is 1.91 bits per heavy atom. The van der Waals surface area contributed by atoms with Crippen molar-refractivity contribution in [2.45, 2.75) is 13.0 Å². The Balaban J connectivity index is 1.96. The SMILES string of the molecule is CNCC(c1nc(-c2ccccc2)n(C)c1C)N1CCOCC1. The van der Waals surface area contributed by atoms with Crippen LogP contribution in [-0.4, -0.2) is 54.3 Å². The van der Waals surface area contributed by atoms with Gasteiger partial charge < -0.3 is 14.6 Å². The van der Waals surface area contributed by atoms with Crippen LogP contribution in [0.3, 0.4) is 0 Å². The zero-order chi connectivity index (χ0) is 16.2. The zero-order valence-corrected chi connectivity index (χ0v) is 14.2. The number of nitrogens with one attached hydrogen (secondary N) is 1. The molecule has 1 atom stereocenters. The molecule has 3 rings (SSSR count). The molecule has 1 aliphatic heterocycles. The van der Waals surface area contributed by atoms with Crippen LogP contribution in [-0.2, 0) is 11.8 Å². The van der Waals surface area contributed by atoms with Crippen LogP contribution in [0.5, 0.6) is 0 Å². The Hall–Kier alpha value is -1.69. The maximum atomic E-state index is 5.50. The molecule has 23 heavy (non-hydrogen) atoms. The maximum absolute atomic E-state index is 5.50. The van der Waals surface area contributed by atoms with Crippen LogP contribution < -0.4 is 5.32 Å². The van der Waals surface area contributed by atoms with Gasteiger partial charge in [-0.3, -0.25) is 4.90 Å². The van der Waals surface area contributed by atoms with Crippen molar-refractivity contribution < 1.29 is 4.74 Å². The second kappa shape index (κ2) is 7.25. The molecule has 2 aromatic rings. The van der Waals surface area contributed by atoms with Crippen molar-refractivity contribution in [3.05, 3.63) is 41.7 Å². The molecule has 0 spiro atoms. The third kappa shape index (κ3) is 3.32. The van der Waals surface area contributed by atoms with Gasteiger partial charge in [-0.25, -0.2) is 4.98 Å². The third-order valence-corrected chi connectivity index (χ3v) is 4.65. The molecule has 1 aliphatic rings. The molecule has 1 N–H and O–H groups in total. The normalized spacial score (nSPS) is 17.3. The summed E-state index contributed by atoms with van der Waals surface area (Å²) in [4.78, 5) is 7.49. The Morgan fingerprint density at radius 3 is 2.57 bits per heavy atom. The van der Waals surface area contributed by atoms with Crippen LogP contribution >= 0.6 is 0 Å². The summed E-state index contributed by atoms with van der Waals surface area (Å²) >= 11 is 0. The van der Waals surface area contributed by atoms with Crippen molar-refractivity contribution in [1.29, 1.82) is 0 Å². The molecule has 5 heteroatoms. The van der Waals surface area contributed by atoms with Crippen molar-refractivity contribution in [1.82, 2.24) is 19.8 Å². The van der Waals surface area contributed by atoms with Crippen molar-refractivity contribution in [3.63, 3.8) is 0 Å². The van der Waals surface area contributed by atoms with E-state index in [4.69, 9.17) is 9.72 Å². The molecule has 124 valence electrons. The van der Waals surface area contributed by atoms with Gasteiger partial charge in [0, 0.05) is 37.9 Å². The van der Waals surface area contributed by atoms with Gasteiger partial charge in [0.05, 0.1) is 24.9 Å². The quantitative estimate of drug-likeness (QED) is 0.916. The Labute approximate surface area is 138 Å². The Morgan fingerprint density at radius 1 is 1.22 bits per heavy atom. The lowest BCUT2D eigenvalue weighted by Crippen LogP contribution is -2.42. The first kappa shape index (κ1) is 16.2. The van der Waals surface area contributed by atoms with E-state index in [2.05, 4.69) is 53.0 Å². The van der Waals surface area contributed by atoms with E-state index in [-0.39, 0.29) is 6.04 Å². The minimum absolute atomic E-state index is 0.285. The number of benzene rings is 1. The lowest BCUT2D eigenvalue weighted by Gasteiger charge is -2.34. The van der Waals surface area contributed by atoms with E-state index in [0.29, 0.717) is 0 Å². The lowest BCUT2D eigenvalue weighted by molar-refractivity contribution is 0.0156. The van der Waals surface area contributed by atoms with Crippen LogP contribution in [0.25, 0.3) is 11.4 Å². The zero-order valence-electron chi connectivity index (χ0n) is 14.2. The number of ether oxygens (including phenoxy) is 1. The fraction of sp³-hybridized carbons (Fsp3) is 0.500. The fourth-order valence-corrected chi connectivity index (χ4v) is 3.24. The van der Waals surface area contributed by atoms with Crippen molar-refractivity contribution in [3.8, 4) is 11.4 Å². The van der Waals surface area contributed by atoms with Gasteiger partial charge in [0.1, 0.15) is 5.82 Å². The Bertz CT molecular complexity index is 632. The molecule has 0 aliphatic carbocycles. The smallest absolute Gasteiger partial charge is 0.140 e. The van der Waals surface area contributed by atoms with Crippen LogP contribution in [0.1, 0.15) is 17.4 Å². The van der Waals surface area contributed by atoms with E-state index in [1.807, 2.05) is 13.1 Å². The first-order valence-corrected chi connectivity index (χ1v) is 8.27. The predicted octanol–water partition coefficient (Wildman–Crippen LogP) is 1.99. The number of aromatic nitrogens is 2. The maximum Gasteiger partial charge on any atom is 0.140 e. The van der Waals surface area contributed by atoms with Gasteiger partial charge in [0.25, 0.3) is 0 Å². The third-order valence-electron chi connectivity index (χ3n) is 4.65. The molecule has 1 aromatic heterocycles. The predicted molar refractivity (Wildman–Crippen MR) is 92.4 cm³/mol. The number of hydrogen-bond donors (Lipinski definition) is 1. The highest BCUT2D eigenvalue weighted by Gasteiger charge is 2.27. The van der Waals surface area contributed by atoms with Gasteiger partial charge in [-0.1, -0.05) is 30.3 Å². The van der Waals surface area contributed by atoms with E-state index in [9.17, 15) is 0 Å². The van der Waals surface area contributed by atoms with E-state index in [0.717, 1.165) is 44.2 Å². The number of imidazole rings is 1. The summed E-state index contributed by atoms with van der Waals surface area (Å²) in [6.07, 6.45) is 0. The van der Waals surface area contributed by atoms with Crippen LogP contribution in [0.2, 0.25) is 0 Å². The molecular weight excluding hydrogens is 288 g/mol. The minimum Gasteiger partial charge on any atom is -0.379 e. The summed E-state index contributed by atoms with van der Waals surface area (Å²) in [7, 11) is 4.10. The highest BCUT2D eigenvalue weighted by Crippen LogP contribution is 2.28. The van der Waals surface area contributed by atoms with Crippen molar-refractivity contribution >= 4 is 0 Å². The number of rotatable bonds is 5. The summed E-state index contributed by atoms with van der Waals surface area (Å²) < 4.78 is 7.71. The van der Waals surface area contributed by atoms with Gasteiger partial charge in [-0.05, 0) is 14.0 Å². The average molecular weight is 314 g/mol. The highest BCUT2D eigenvalue weighted by molar-refractivity contribution is 5.56. The molecule has 0 amide bonds. The summed E-state index contributed by atoms with van der Waals surface area (Å²) in [6, 6.07) is 10.7. The molecule has 0 saturated carbocycles. The van der Waals surface area contributed by atoms with Gasteiger partial charge >= 0.3 is 0 Å². The number of nitrogens with zero attached hydrogens (tertiary/aromatic N) is 3. The number of hydrogen-bond acceptors (Lipinski definition) is 4. The molecule has 2 heterocycles. The monoisotopic (exact) mass is 314 g/mol. The molecule has 0 radical (unpaired) electrons. The van der Waals surface area contributed by atoms with Crippen LogP contribution in [0.4, 0.5) is 0 Å². The van der Waals surface area contributed by atoms with E-state index in [1.165, 1.54) is 11.4 Å². The second-order valence-electron chi connectivity index (χ2n) is 6.05. The van der Waals surface area contributed by atoms with Gasteiger partial charge in [0.2, 0.25) is 0 Å². The fourth-order valence-electron chi connectivity index (χ4n) is 3.24. The topological polar surface area (TPSA) is 42.3 Å². The summed E-state index contributed by atoms with van der Waals surface area (Å²) in [5, 5.41) is 3.33. The molecule has 5 nitrogen and oxygen atoms in total. The largest absolute Gasteiger partial charge is 0.379 e. The highest BCUT2D eigenvalue weighted by atomic mass is 16.5. The van der Waals surface area contributed by atoms with Gasteiger partial charge in [-0.15, -0.1) is 0 Å². The number of morpholine rings is 1. The summed E-state index contributed by atoms with van der Waals surface area (Å²) in [5.41, 5.74) is 3.56. The van der Waals surface area contributed by atoms with Gasteiger partial charge in [0.15, 0.2) is 0 Å². The average Bonchev–Trinajstić information content (AvgIpc) is 2.90. The van der Waals surface area contributed by atoms with E-state index >= 15 is 0 Å². The van der Waals surface area contributed by atoms with Crippen LogP contribution in [0.15, 0.2) is 30.3 Å². The standard InChI is InChI=1S/C18H26N4O/c1-14-17(16(13-19-2)22-9-11-23-12-10-22)20-18(21(14)3)15-7-5-4-6-8-15/h4-8,16,19H,9-13H2,1-3H3. The van der Waals surface area contributed by atoms with Crippen molar-refractivity contribution in [2.24, 2.45) is 7.05 Å². The second-order valence-corrected chi connectivity index (χ2v) is 6.05. The number of likely N-dealkylation sites (N-methyl/N-ethyl adjacent to an activating group) is 1. The van der Waals surface area contributed by atoms with E-state index in [1.54, 1.807) is 0 Å². The summed E-state index contributed by atoms with van der Waals surface area (Å²) in [5.74, 6) is 1.03. The van der Waals surface area contributed by atoms with E-state index < -0.39 is 0 Å². The molecule has 1 aromatic carbocycles. The lowest BCUT2D eigenvalue weighted by atomic mass is 10.1. The molecular formula is C18H26N4O. The minimum atomic E-state index is 0.285. The van der Waals surface area contributed by atoms with Crippen LogP contribution in [0, 0.1) is 6.92 Å². The van der Waals surface area contributed by atoms with Gasteiger partial charge in [-0.2, -0.15) is 0 Å². The van der Waals surface area contributed by atoms with Crippen molar-refractivity contribution in [2.75, 3.05) is 39.9 Å². The summed E-state index contributed by atoms with van der Waals surface area (Å²) in [6.45, 7) is 6.59. The first-order chi connectivity index (χ1) is 11.2. The molecule has 1 saturated heterocycles. The Kier molecular flexibility index (Phi) is 5.10. The molecule has 1 fully saturated rings.